The van der Waals surface area contributed by atoms with Gasteiger partial charge in [0.2, 0.25) is 0 Å². The zero-order chi connectivity index (χ0) is 13.9. The molecule has 1 N–H and O–H groups in total. The van der Waals surface area contributed by atoms with Crippen LogP contribution in [-0.2, 0) is 17.5 Å². The summed E-state index contributed by atoms with van der Waals surface area (Å²) in [4.78, 5) is 0. The average Bonchev–Trinajstić information content (AvgIpc) is 2.80. The molecular formula is C11H21F3N2O. The average molecular weight is 254 g/mol. The minimum Gasteiger partial charge on any atom is -0.375 e. The van der Waals surface area contributed by atoms with Crippen LogP contribution < -0.4 is 0 Å². The second-order valence-corrected chi connectivity index (χ2v) is 2.41. The molecule has 1 aromatic rings. The molecule has 0 bridgehead atoms. The monoisotopic (exact) mass is 254 g/mol. The van der Waals surface area contributed by atoms with Crippen molar-refractivity contribution in [3.63, 3.8) is 0 Å². The predicted octanol–water partition coefficient (Wildman–Crippen LogP) is 4.02. The predicted molar refractivity (Wildman–Crippen MR) is 61.6 cm³/mol. The highest BCUT2D eigenvalue weighted by Crippen LogP contribution is 2.27. The van der Waals surface area contributed by atoms with Crippen LogP contribution >= 0.6 is 0 Å². The topological polar surface area (TPSA) is 37.9 Å². The lowest BCUT2D eigenvalue weighted by Crippen LogP contribution is -2.04. The van der Waals surface area contributed by atoms with E-state index in [0.29, 0.717) is 12.3 Å². The van der Waals surface area contributed by atoms with Gasteiger partial charge in [-0.1, -0.05) is 27.7 Å². The van der Waals surface area contributed by atoms with E-state index in [4.69, 9.17) is 4.74 Å². The van der Waals surface area contributed by atoms with Crippen molar-refractivity contribution in [3.8, 4) is 0 Å². The van der Waals surface area contributed by atoms with Crippen molar-refractivity contribution >= 4 is 0 Å². The SMILES string of the molecule is CC.CC.CCOCc1cc(C(F)(F)F)n[nH]1. The molecule has 6 heteroatoms. The zero-order valence-electron chi connectivity index (χ0n) is 11.0. The third-order valence-electron chi connectivity index (χ3n) is 1.38. The molecule has 102 valence electrons. The third-order valence-corrected chi connectivity index (χ3v) is 1.38. The second kappa shape index (κ2) is 10.1. The lowest BCUT2D eigenvalue weighted by atomic mass is 10.3. The van der Waals surface area contributed by atoms with Crippen molar-refractivity contribution in [3.05, 3.63) is 17.5 Å². The lowest BCUT2D eigenvalue weighted by Gasteiger charge is -1.98. The standard InChI is InChI=1S/C7H9F3N2O.2C2H6/c1-2-13-4-5-3-6(12-11-5)7(8,9)10;2*1-2/h3H,2,4H2,1H3,(H,11,12);2*1-2H3. The van der Waals surface area contributed by atoms with E-state index >= 15 is 0 Å². The fourth-order valence-corrected chi connectivity index (χ4v) is 0.793. The van der Waals surface area contributed by atoms with Crippen molar-refractivity contribution in [2.45, 2.75) is 47.4 Å². The van der Waals surface area contributed by atoms with E-state index in [-0.39, 0.29) is 6.61 Å². The molecule has 0 spiro atoms. The molecule has 1 rings (SSSR count). The van der Waals surface area contributed by atoms with Gasteiger partial charge in [-0.05, 0) is 13.0 Å². The number of aromatic amines is 1. The Morgan fingerprint density at radius 2 is 1.76 bits per heavy atom. The summed E-state index contributed by atoms with van der Waals surface area (Å²) in [7, 11) is 0. The highest BCUT2D eigenvalue weighted by atomic mass is 19.4. The van der Waals surface area contributed by atoms with E-state index in [1.807, 2.05) is 27.7 Å². The number of hydrogen-bond donors (Lipinski definition) is 1. The van der Waals surface area contributed by atoms with Crippen molar-refractivity contribution in [2.75, 3.05) is 6.61 Å². The summed E-state index contributed by atoms with van der Waals surface area (Å²) >= 11 is 0. The van der Waals surface area contributed by atoms with Gasteiger partial charge in [-0.15, -0.1) is 0 Å². The summed E-state index contributed by atoms with van der Waals surface area (Å²) in [6.45, 7) is 10.3. The van der Waals surface area contributed by atoms with Crippen LogP contribution in [0.5, 0.6) is 0 Å². The summed E-state index contributed by atoms with van der Waals surface area (Å²) in [5.41, 5.74) is -0.587. The van der Waals surface area contributed by atoms with Crippen molar-refractivity contribution < 1.29 is 17.9 Å². The third kappa shape index (κ3) is 7.79. The molecule has 0 saturated carbocycles. The van der Waals surface area contributed by atoms with Crippen LogP contribution in [-0.4, -0.2) is 16.8 Å². The Balaban J connectivity index is 0. The number of alkyl halides is 3. The Hall–Kier alpha value is -1.04. The van der Waals surface area contributed by atoms with Crippen LogP contribution in [0, 0.1) is 0 Å². The van der Waals surface area contributed by atoms with Gasteiger partial charge in [0, 0.05) is 6.61 Å². The summed E-state index contributed by atoms with van der Waals surface area (Å²) in [5.74, 6) is 0. The Labute approximate surface area is 100 Å². The molecule has 0 aliphatic rings. The number of nitrogens with one attached hydrogen (secondary N) is 1. The molecule has 0 amide bonds. The Morgan fingerprint density at radius 3 is 2.12 bits per heavy atom. The largest absolute Gasteiger partial charge is 0.435 e. The molecule has 0 aliphatic carbocycles. The molecule has 0 aliphatic heterocycles. The van der Waals surface area contributed by atoms with Gasteiger partial charge in [0.1, 0.15) is 0 Å². The Morgan fingerprint density at radius 1 is 1.24 bits per heavy atom. The summed E-state index contributed by atoms with van der Waals surface area (Å²) in [6.07, 6.45) is -4.39. The van der Waals surface area contributed by atoms with Gasteiger partial charge in [-0.25, -0.2) is 0 Å². The van der Waals surface area contributed by atoms with Gasteiger partial charge in [-0.3, -0.25) is 5.10 Å². The number of H-pyrrole nitrogens is 1. The molecule has 0 atom stereocenters. The smallest absolute Gasteiger partial charge is 0.375 e. The van der Waals surface area contributed by atoms with Gasteiger partial charge in [-0.2, -0.15) is 18.3 Å². The van der Waals surface area contributed by atoms with Crippen molar-refractivity contribution in [1.29, 1.82) is 0 Å². The lowest BCUT2D eigenvalue weighted by molar-refractivity contribution is -0.141. The fraction of sp³-hybridized carbons (Fsp3) is 0.727. The second-order valence-electron chi connectivity index (χ2n) is 2.41. The first kappa shape index (κ1) is 18.3. The van der Waals surface area contributed by atoms with E-state index in [0.717, 1.165) is 6.07 Å². The first-order chi connectivity index (χ1) is 8.04. The normalized spacial score (nSPS) is 9.88. The first-order valence-corrected chi connectivity index (χ1v) is 5.73. The minimum atomic E-state index is -4.39. The molecule has 0 saturated heterocycles. The molecule has 0 unspecified atom stereocenters. The minimum absolute atomic E-state index is 0.125. The van der Waals surface area contributed by atoms with Crippen molar-refractivity contribution in [2.24, 2.45) is 0 Å². The van der Waals surface area contributed by atoms with Gasteiger partial charge >= 0.3 is 6.18 Å². The van der Waals surface area contributed by atoms with Crippen LogP contribution in [0.3, 0.4) is 0 Å². The van der Waals surface area contributed by atoms with E-state index in [1.54, 1.807) is 6.92 Å². The number of rotatable bonds is 3. The summed E-state index contributed by atoms with van der Waals surface area (Å²) in [6, 6.07) is 0.940. The number of nitrogens with zero attached hydrogens (tertiary/aromatic N) is 1. The fourth-order valence-electron chi connectivity index (χ4n) is 0.793. The molecular weight excluding hydrogens is 233 g/mol. The quantitative estimate of drug-likeness (QED) is 0.884. The maximum Gasteiger partial charge on any atom is 0.435 e. The molecule has 17 heavy (non-hydrogen) atoms. The van der Waals surface area contributed by atoms with Gasteiger partial charge in [0.05, 0.1) is 12.3 Å². The van der Waals surface area contributed by atoms with Gasteiger partial charge in [0.25, 0.3) is 0 Å². The van der Waals surface area contributed by atoms with Crippen LogP contribution in [0.25, 0.3) is 0 Å². The van der Waals surface area contributed by atoms with Gasteiger partial charge in [0.15, 0.2) is 5.69 Å². The van der Waals surface area contributed by atoms with E-state index in [2.05, 4.69) is 10.2 Å². The van der Waals surface area contributed by atoms with E-state index in [1.165, 1.54) is 0 Å². The molecule has 3 nitrogen and oxygen atoms in total. The van der Waals surface area contributed by atoms with E-state index < -0.39 is 11.9 Å². The van der Waals surface area contributed by atoms with Crippen LogP contribution in [0.4, 0.5) is 13.2 Å². The molecule has 0 fully saturated rings. The number of halogens is 3. The first-order valence-electron chi connectivity index (χ1n) is 5.73. The molecule has 0 radical (unpaired) electrons. The molecule has 0 aromatic carbocycles. The highest BCUT2D eigenvalue weighted by Gasteiger charge is 2.33. The molecule has 1 aromatic heterocycles. The van der Waals surface area contributed by atoms with Crippen LogP contribution in [0.1, 0.15) is 46.0 Å². The number of aromatic nitrogens is 2. The number of hydrogen-bond acceptors (Lipinski definition) is 2. The Kier molecular flexibility index (Phi) is 10.9. The van der Waals surface area contributed by atoms with Crippen LogP contribution in [0.15, 0.2) is 6.07 Å². The van der Waals surface area contributed by atoms with Crippen molar-refractivity contribution in [1.82, 2.24) is 10.2 Å². The maximum absolute atomic E-state index is 12.0. The van der Waals surface area contributed by atoms with Gasteiger partial charge < -0.3 is 4.74 Å². The summed E-state index contributed by atoms with van der Waals surface area (Å²) in [5, 5.41) is 5.36. The number of ether oxygens (including phenoxy) is 1. The molecule has 1 heterocycles. The maximum atomic E-state index is 12.0. The summed E-state index contributed by atoms with van der Waals surface area (Å²) < 4.78 is 40.9. The van der Waals surface area contributed by atoms with Crippen LogP contribution in [0.2, 0.25) is 0 Å². The Bertz CT molecular complexity index is 272. The highest BCUT2D eigenvalue weighted by molar-refractivity contribution is 5.10. The zero-order valence-corrected chi connectivity index (χ0v) is 11.0. The van der Waals surface area contributed by atoms with E-state index in [9.17, 15) is 13.2 Å².